The quantitative estimate of drug-likeness (QED) is 0.462. The van der Waals surface area contributed by atoms with Crippen molar-refractivity contribution >= 4 is 0 Å². The largest absolute Gasteiger partial charge is 0.496 e. The molecule has 0 amide bonds. The zero-order valence-corrected chi connectivity index (χ0v) is 9.69. The van der Waals surface area contributed by atoms with Gasteiger partial charge in [0.1, 0.15) is 11.9 Å². The third kappa shape index (κ3) is 3.12. The predicted molar refractivity (Wildman–Crippen MR) is 62.7 cm³/mol. The molecule has 0 aliphatic carbocycles. The minimum atomic E-state index is -1.25. The number of ether oxygens (including phenoxy) is 1. The Hall–Kier alpha value is -2.26. The predicted octanol–water partition coefficient (Wildman–Crippen LogP) is 1.27. The highest BCUT2D eigenvalue weighted by Crippen LogP contribution is 2.28. The average Bonchev–Trinajstić information content (AvgIpc) is 2.43. The van der Waals surface area contributed by atoms with Crippen LogP contribution in [0.1, 0.15) is 17.2 Å². The second kappa shape index (κ2) is 6.47. The number of aliphatic hydroxyl groups excluding tert-OH is 2. The van der Waals surface area contributed by atoms with Gasteiger partial charge in [-0.1, -0.05) is 11.2 Å². The molecular weight excluding hydrogens is 236 g/mol. The Morgan fingerprint density at radius 1 is 1.56 bits per heavy atom. The average molecular weight is 248 g/mol. The van der Waals surface area contributed by atoms with Gasteiger partial charge in [0.05, 0.1) is 31.4 Å². The number of methoxy groups -OCH3 is 1. The molecule has 0 bridgehead atoms. The minimum Gasteiger partial charge on any atom is -0.496 e. The minimum absolute atomic E-state index is 0.249. The summed E-state index contributed by atoms with van der Waals surface area (Å²) in [6, 6.07) is 6.39. The van der Waals surface area contributed by atoms with Crippen molar-refractivity contribution in [2.24, 2.45) is 5.11 Å². The fourth-order valence-corrected chi connectivity index (χ4v) is 1.45. The summed E-state index contributed by atoms with van der Waals surface area (Å²) in [6.07, 6.45) is -2.49. The fourth-order valence-electron chi connectivity index (χ4n) is 1.45. The van der Waals surface area contributed by atoms with E-state index in [1.54, 1.807) is 0 Å². The topological polar surface area (TPSA) is 122 Å². The SMILES string of the molecule is COc1cc(C#N)ccc1C(O)C(O)CN=[N+]=[N-]. The molecule has 0 heterocycles. The van der Waals surface area contributed by atoms with Crippen molar-refractivity contribution in [2.75, 3.05) is 13.7 Å². The Bertz CT molecular complexity index is 506. The first-order valence-electron chi connectivity index (χ1n) is 5.09. The van der Waals surface area contributed by atoms with Gasteiger partial charge in [-0.2, -0.15) is 5.26 Å². The summed E-state index contributed by atoms with van der Waals surface area (Å²) in [6.45, 7) is -0.249. The Labute approximate surface area is 103 Å². The molecule has 2 atom stereocenters. The van der Waals surface area contributed by atoms with Crippen molar-refractivity contribution in [1.29, 1.82) is 5.26 Å². The lowest BCUT2D eigenvalue weighted by atomic mass is 10.0. The molecule has 0 saturated heterocycles. The summed E-state index contributed by atoms with van der Waals surface area (Å²) >= 11 is 0. The first kappa shape index (κ1) is 13.8. The van der Waals surface area contributed by atoms with E-state index in [0.29, 0.717) is 16.9 Å². The van der Waals surface area contributed by atoms with Crippen LogP contribution >= 0.6 is 0 Å². The molecule has 0 aromatic heterocycles. The van der Waals surface area contributed by atoms with Crippen LogP contribution in [0, 0.1) is 11.3 Å². The monoisotopic (exact) mass is 248 g/mol. The van der Waals surface area contributed by atoms with Gasteiger partial charge in [0, 0.05) is 10.5 Å². The van der Waals surface area contributed by atoms with E-state index < -0.39 is 12.2 Å². The van der Waals surface area contributed by atoms with Gasteiger partial charge in [0.2, 0.25) is 0 Å². The Balaban J connectivity index is 3.01. The molecular formula is C11H12N4O3. The smallest absolute Gasteiger partial charge is 0.126 e. The van der Waals surface area contributed by atoms with Crippen LogP contribution in [-0.2, 0) is 0 Å². The molecule has 0 radical (unpaired) electrons. The number of hydrogen-bond acceptors (Lipinski definition) is 5. The molecule has 18 heavy (non-hydrogen) atoms. The summed E-state index contributed by atoms with van der Waals surface area (Å²) in [4.78, 5) is 2.50. The highest BCUT2D eigenvalue weighted by atomic mass is 16.5. The maximum absolute atomic E-state index is 9.89. The van der Waals surface area contributed by atoms with Crippen LogP contribution in [0.5, 0.6) is 5.75 Å². The first-order valence-corrected chi connectivity index (χ1v) is 5.09. The van der Waals surface area contributed by atoms with Crippen LogP contribution in [0.3, 0.4) is 0 Å². The van der Waals surface area contributed by atoms with Gasteiger partial charge in [-0.3, -0.25) is 0 Å². The van der Waals surface area contributed by atoms with E-state index in [1.807, 2.05) is 6.07 Å². The molecule has 7 nitrogen and oxygen atoms in total. The first-order chi connectivity index (χ1) is 8.63. The Morgan fingerprint density at radius 2 is 2.28 bits per heavy atom. The molecule has 0 aliphatic heterocycles. The number of rotatable bonds is 5. The summed E-state index contributed by atoms with van der Waals surface area (Å²) in [5.41, 5.74) is 8.85. The number of benzene rings is 1. The molecule has 1 aromatic carbocycles. The van der Waals surface area contributed by atoms with Crippen molar-refractivity contribution in [3.8, 4) is 11.8 Å². The van der Waals surface area contributed by atoms with Gasteiger partial charge in [-0.25, -0.2) is 0 Å². The van der Waals surface area contributed by atoms with Crippen molar-refractivity contribution in [3.05, 3.63) is 39.8 Å². The van der Waals surface area contributed by atoms with Gasteiger partial charge in [-0.05, 0) is 17.7 Å². The Morgan fingerprint density at radius 3 is 2.83 bits per heavy atom. The van der Waals surface area contributed by atoms with Crippen LogP contribution < -0.4 is 4.74 Å². The normalized spacial score (nSPS) is 13.0. The number of nitriles is 1. The maximum Gasteiger partial charge on any atom is 0.126 e. The lowest BCUT2D eigenvalue weighted by Crippen LogP contribution is -2.21. The van der Waals surface area contributed by atoms with Crippen molar-refractivity contribution in [3.63, 3.8) is 0 Å². The van der Waals surface area contributed by atoms with E-state index in [1.165, 1.54) is 25.3 Å². The van der Waals surface area contributed by atoms with E-state index >= 15 is 0 Å². The van der Waals surface area contributed by atoms with Crippen molar-refractivity contribution in [2.45, 2.75) is 12.2 Å². The highest BCUT2D eigenvalue weighted by Gasteiger charge is 2.21. The summed E-state index contributed by atoms with van der Waals surface area (Å²) in [5.74, 6) is 0.293. The molecule has 0 saturated carbocycles. The van der Waals surface area contributed by atoms with Gasteiger partial charge in [-0.15, -0.1) is 0 Å². The lowest BCUT2D eigenvalue weighted by Gasteiger charge is -2.18. The van der Waals surface area contributed by atoms with Crippen LogP contribution in [0.15, 0.2) is 23.3 Å². The number of nitrogens with zero attached hydrogens (tertiary/aromatic N) is 4. The summed E-state index contributed by atoms with van der Waals surface area (Å²) in [5, 5.41) is 31.4. The van der Waals surface area contributed by atoms with E-state index in [0.717, 1.165) is 0 Å². The van der Waals surface area contributed by atoms with Crippen LogP contribution in [0.25, 0.3) is 10.4 Å². The number of azide groups is 1. The summed E-state index contributed by atoms with van der Waals surface area (Å²) < 4.78 is 5.04. The third-order valence-corrected chi connectivity index (χ3v) is 2.38. The fraction of sp³-hybridized carbons (Fsp3) is 0.364. The van der Waals surface area contributed by atoms with E-state index in [4.69, 9.17) is 15.5 Å². The molecule has 0 aliphatic rings. The van der Waals surface area contributed by atoms with Crippen molar-refractivity contribution in [1.82, 2.24) is 0 Å². The molecule has 2 unspecified atom stereocenters. The van der Waals surface area contributed by atoms with E-state index in [-0.39, 0.29) is 6.54 Å². The van der Waals surface area contributed by atoms with Gasteiger partial charge in [0.15, 0.2) is 0 Å². The second-order valence-electron chi connectivity index (χ2n) is 3.49. The summed E-state index contributed by atoms with van der Waals surface area (Å²) in [7, 11) is 1.40. The molecule has 0 fully saturated rings. The molecule has 0 spiro atoms. The van der Waals surface area contributed by atoms with Gasteiger partial charge < -0.3 is 14.9 Å². The van der Waals surface area contributed by atoms with Crippen LogP contribution in [0.4, 0.5) is 0 Å². The maximum atomic E-state index is 9.89. The third-order valence-electron chi connectivity index (χ3n) is 2.38. The molecule has 94 valence electrons. The van der Waals surface area contributed by atoms with Crippen molar-refractivity contribution < 1.29 is 14.9 Å². The van der Waals surface area contributed by atoms with E-state index in [2.05, 4.69) is 10.0 Å². The Kier molecular flexibility index (Phi) is 4.96. The standard InChI is InChI=1S/C11H12N4O3/c1-18-10-4-7(5-12)2-3-8(10)11(17)9(16)6-14-15-13/h2-4,9,11,16-17H,6H2,1H3. The van der Waals surface area contributed by atoms with Crippen LogP contribution in [-0.4, -0.2) is 30.0 Å². The molecule has 1 rings (SSSR count). The molecule has 1 aromatic rings. The number of aliphatic hydroxyl groups is 2. The van der Waals surface area contributed by atoms with E-state index in [9.17, 15) is 10.2 Å². The zero-order valence-electron chi connectivity index (χ0n) is 9.69. The lowest BCUT2D eigenvalue weighted by molar-refractivity contribution is 0.0230. The molecule has 7 heteroatoms. The van der Waals surface area contributed by atoms with Gasteiger partial charge in [0.25, 0.3) is 0 Å². The molecule has 2 N–H and O–H groups in total. The highest BCUT2D eigenvalue weighted by molar-refractivity contribution is 5.43. The second-order valence-corrected chi connectivity index (χ2v) is 3.49. The zero-order chi connectivity index (χ0) is 13.5. The van der Waals surface area contributed by atoms with Gasteiger partial charge >= 0.3 is 0 Å². The number of hydrogen-bond donors (Lipinski definition) is 2. The van der Waals surface area contributed by atoms with Crippen LogP contribution in [0.2, 0.25) is 0 Å².